The van der Waals surface area contributed by atoms with E-state index in [9.17, 15) is 9.90 Å². The highest BCUT2D eigenvalue weighted by Gasteiger charge is 2.38. The van der Waals surface area contributed by atoms with Crippen molar-refractivity contribution in [3.8, 4) is 5.75 Å². The standard InChI is InChI=1S/C13H18N2O3/c1-13(2)9-7-11(16)10(14)6-8(9)4-5-15(13)12(17)18-3/h6-7,16H,4-5,14H2,1-3H3. The molecule has 1 heterocycles. The lowest BCUT2D eigenvalue weighted by Crippen LogP contribution is -2.49. The number of phenols is 1. The summed E-state index contributed by atoms with van der Waals surface area (Å²) in [6.45, 7) is 4.44. The fraction of sp³-hybridized carbons (Fsp3) is 0.462. The number of carbonyl (C=O) groups excluding carboxylic acids is 1. The number of nitrogens with zero attached hydrogens (tertiary/aromatic N) is 1. The van der Waals surface area contributed by atoms with Gasteiger partial charge < -0.3 is 15.6 Å². The first-order valence-electron chi connectivity index (χ1n) is 5.85. The van der Waals surface area contributed by atoms with Crippen LogP contribution in [0, 0.1) is 0 Å². The molecule has 1 aromatic rings. The topological polar surface area (TPSA) is 75.8 Å². The molecule has 0 unspecified atom stereocenters. The lowest BCUT2D eigenvalue weighted by molar-refractivity contribution is 0.0701. The van der Waals surface area contributed by atoms with E-state index in [1.165, 1.54) is 7.11 Å². The molecule has 5 heteroatoms. The summed E-state index contributed by atoms with van der Waals surface area (Å²) in [5.41, 5.74) is 7.52. The second-order valence-corrected chi connectivity index (χ2v) is 5.00. The first-order valence-corrected chi connectivity index (χ1v) is 5.85. The number of carbonyl (C=O) groups is 1. The van der Waals surface area contributed by atoms with Crippen LogP contribution in [0.2, 0.25) is 0 Å². The third-order valence-electron chi connectivity index (χ3n) is 3.59. The van der Waals surface area contributed by atoms with Crippen LogP contribution in [0.4, 0.5) is 10.5 Å². The molecule has 0 saturated heterocycles. The molecule has 0 aliphatic carbocycles. The number of hydrogen-bond donors (Lipinski definition) is 2. The summed E-state index contributed by atoms with van der Waals surface area (Å²) >= 11 is 0. The Hall–Kier alpha value is -1.91. The van der Waals surface area contributed by atoms with Crippen molar-refractivity contribution < 1.29 is 14.6 Å². The Morgan fingerprint density at radius 1 is 1.50 bits per heavy atom. The molecule has 0 bridgehead atoms. The van der Waals surface area contributed by atoms with Crippen molar-refractivity contribution in [3.05, 3.63) is 23.3 Å². The predicted octanol–water partition coefficient (Wildman–Crippen LogP) is 1.83. The summed E-state index contributed by atoms with van der Waals surface area (Å²) in [5, 5.41) is 9.73. The fourth-order valence-electron chi connectivity index (χ4n) is 2.52. The molecule has 0 aromatic heterocycles. The molecule has 1 aromatic carbocycles. The number of ether oxygens (including phenoxy) is 1. The Morgan fingerprint density at radius 3 is 2.78 bits per heavy atom. The Balaban J connectivity index is 2.51. The number of nitrogen functional groups attached to an aromatic ring is 1. The second kappa shape index (κ2) is 4.08. The van der Waals surface area contributed by atoms with Gasteiger partial charge in [-0.1, -0.05) is 0 Å². The molecule has 5 nitrogen and oxygen atoms in total. The van der Waals surface area contributed by atoms with Crippen LogP contribution < -0.4 is 5.73 Å². The minimum atomic E-state index is -0.522. The number of amides is 1. The molecule has 2 rings (SSSR count). The Bertz CT molecular complexity index is 497. The van der Waals surface area contributed by atoms with Crippen molar-refractivity contribution in [1.82, 2.24) is 4.90 Å². The molecule has 0 spiro atoms. The molecule has 1 aliphatic rings. The van der Waals surface area contributed by atoms with Gasteiger partial charge in [-0.25, -0.2) is 4.79 Å². The van der Waals surface area contributed by atoms with Crippen LogP contribution in [0.5, 0.6) is 5.75 Å². The Labute approximate surface area is 106 Å². The number of nitrogens with two attached hydrogens (primary N) is 1. The van der Waals surface area contributed by atoms with Crippen LogP contribution in [0.3, 0.4) is 0 Å². The number of aromatic hydroxyl groups is 1. The Kier molecular flexibility index (Phi) is 2.84. The van der Waals surface area contributed by atoms with E-state index < -0.39 is 5.54 Å². The van der Waals surface area contributed by atoms with Gasteiger partial charge >= 0.3 is 6.09 Å². The summed E-state index contributed by atoms with van der Waals surface area (Å²) in [4.78, 5) is 13.4. The van der Waals surface area contributed by atoms with Crippen molar-refractivity contribution in [3.63, 3.8) is 0 Å². The predicted molar refractivity (Wildman–Crippen MR) is 68.4 cm³/mol. The van der Waals surface area contributed by atoms with Gasteiger partial charge in [0.25, 0.3) is 0 Å². The van der Waals surface area contributed by atoms with E-state index in [-0.39, 0.29) is 11.8 Å². The van der Waals surface area contributed by atoms with Gasteiger partial charge in [0.2, 0.25) is 0 Å². The molecule has 0 radical (unpaired) electrons. The zero-order valence-corrected chi connectivity index (χ0v) is 10.9. The van der Waals surface area contributed by atoms with Crippen molar-refractivity contribution in [2.75, 3.05) is 19.4 Å². The quantitative estimate of drug-likeness (QED) is 0.544. The first-order chi connectivity index (χ1) is 8.37. The van der Waals surface area contributed by atoms with Crippen molar-refractivity contribution in [1.29, 1.82) is 0 Å². The molecule has 98 valence electrons. The molecule has 0 atom stereocenters. The van der Waals surface area contributed by atoms with Crippen LogP contribution in [-0.4, -0.2) is 29.8 Å². The second-order valence-electron chi connectivity index (χ2n) is 5.00. The van der Waals surface area contributed by atoms with Crippen molar-refractivity contribution in [2.45, 2.75) is 25.8 Å². The van der Waals surface area contributed by atoms with Gasteiger partial charge in [-0.15, -0.1) is 0 Å². The molecule has 1 amide bonds. The smallest absolute Gasteiger partial charge is 0.410 e. The summed E-state index contributed by atoms with van der Waals surface area (Å²) in [7, 11) is 1.37. The van der Waals surface area contributed by atoms with Crippen LogP contribution in [-0.2, 0) is 16.7 Å². The third kappa shape index (κ3) is 1.75. The fourth-order valence-corrected chi connectivity index (χ4v) is 2.52. The number of methoxy groups -OCH3 is 1. The lowest BCUT2D eigenvalue weighted by atomic mass is 9.83. The van der Waals surface area contributed by atoms with Crippen LogP contribution >= 0.6 is 0 Å². The van der Waals surface area contributed by atoms with Gasteiger partial charge in [-0.05, 0) is 43.5 Å². The van der Waals surface area contributed by atoms with Gasteiger partial charge in [0.05, 0.1) is 18.3 Å². The zero-order valence-electron chi connectivity index (χ0n) is 10.9. The molecule has 0 saturated carbocycles. The summed E-state index contributed by atoms with van der Waals surface area (Å²) < 4.78 is 4.79. The van der Waals surface area contributed by atoms with Gasteiger partial charge in [0.15, 0.2) is 0 Å². The van der Waals surface area contributed by atoms with Gasteiger partial charge in [-0.2, -0.15) is 0 Å². The largest absolute Gasteiger partial charge is 0.506 e. The minimum absolute atomic E-state index is 0.0496. The van der Waals surface area contributed by atoms with Crippen molar-refractivity contribution >= 4 is 11.8 Å². The summed E-state index contributed by atoms with van der Waals surface area (Å²) in [5.74, 6) is 0.0496. The van der Waals surface area contributed by atoms with E-state index in [2.05, 4.69) is 0 Å². The molecular formula is C13H18N2O3. The summed E-state index contributed by atoms with van der Waals surface area (Å²) in [6.07, 6.45) is 0.347. The number of hydrogen-bond acceptors (Lipinski definition) is 4. The van der Waals surface area contributed by atoms with Gasteiger partial charge in [-0.3, -0.25) is 4.90 Å². The number of benzene rings is 1. The number of phenolic OH excluding ortho intramolecular Hbond substituents is 1. The van der Waals surface area contributed by atoms with Crippen LogP contribution in [0.1, 0.15) is 25.0 Å². The van der Waals surface area contributed by atoms with E-state index in [0.29, 0.717) is 18.7 Å². The highest BCUT2D eigenvalue weighted by molar-refractivity contribution is 5.70. The summed E-state index contributed by atoms with van der Waals surface area (Å²) in [6, 6.07) is 3.42. The normalized spacial score (nSPS) is 17.2. The SMILES string of the molecule is COC(=O)N1CCc2cc(N)c(O)cc2C1(C)C. The Morgan fingerprint density at radius 2 is 2.17 bits per heavy atom. The molecule has 0 fully saturated rings. The maximum atomic E-state index is 11.8. The lowest BCUT2D eigenvalue weighted by Gasteiger charge is -2.42. The van der Waals surface area contributed by atoms with Gasteiger partial charge in [0, 0.05) is 6.54 Å². The van der Waals surface area contributed by atoms with Crippen LogP contribution in [0.25, 0.3) is 0 Å². The zero-order chi connectivity index (χ0) is 13.5. The maximum absolute atomic E-state index is 11.8. The number of rotatable bonds is 0. The molecule has 18 heavy (non-hydrogen) atoms. The molecule has 3 N–H and O–H groups in total. The maximum Gasteiger partial charge on any atom is 0.410 e. The monoisotopic (exact) mass is 250 g/mol. The van der Waals surface area contributed by atoms with E-state index in [4.69, 9.17) is 10.5 Å². The highest BCUT2D eigenvalue weighted by atomic mass is 16.5. The van der Waals surface area contributed by atoms with E-state index >= 15 is 0 Å². The van der Waals surface area contributed by atoms with Crippen molar-refractivity contribution in [2.24, 2.45) is 0 Å². The third-order valence-corrected chi connectivity index (χ3v) is 3.59. The van der Waals surface area contributed by atoms with Crippen LogP contribution in [0.15, 0.2) is 12.1 Å². The minimum Gasteiger partial charge on any atom is -0.506 e. The number of anilines is 1. The average molecular weight is 250 g/mol. The molecule has 1 aliphatic heterocycles. The first kappa shape index (κ1) is 12.5. The number of fused-ring (bicyclic) bond motifs is 1. The average Bonchev–Trinajstić information content (AvgIpc) is 2.31. The van der Waals surface area contributed by atoms with E-state index in [1.54, 1.807) is 17.0 Å². The van der Waals surface area contributed by atoms with Gasteiger partial charge in [0.1, 0.15) is 5.75 Å². The van der Waals surface area contributed by atoms with E-state index in [1.807, 2.05) is 13.8 Å². The highest BCUT2D eigenvalue weighted by Crippen LogP contribution is 2.39. The van der Waals surface area contributed by atoms with E-state index in [0.717, 1.165) is 11.1 Å². The molecular weight excluding hydrogens is 232 g/mol.